The molecule has 1 rings (SSSR count). The molecule has 2 N–H and O–H groups in total. The van der Waals surface area contributed by atoms with E-state index in [1.165, 1.54) is 36.9 Å². The maximum atomic E-state index is 12.0. The normalized spacial score (nSPS) is 11.7. The second kappa shape index (κ2) is 7.63. The summed E-state index contributed by atoms with van der Waals surface area (Å²) in [6, 6.07) is 2.96. The third kappa shape index (κ3) is 4.75. The average Bonchev–Trinajstić information content (AvgIpc) is 2.42. The molecule has 0 aliphatic rings. The second-order valence-corrected chi connectivity index (χ2v) is 5.39. The number of aliphatic carboxylic acids is 1. The van der Waals surface area contributed by atoms with Crippen LogP contribution in [0.3, 0.4) is 0 Å². The van der Waals surface area contributed by atoms with Crippen molar-refractivity contribution >= 4 is 29.3 Å². The van der Waals surface area contributed by atoms with Gasteiger partial charge in [0.1, 0.15) is 6.04 Å². The van der Waals surface area contributed by atoms with Crippen LogP contribution in [0.1, 0.15) is 22.3 Å². The molecule has 0 fully saturated rings. The molecule has 1 atom stereocenters. The van der Waals surface area contributed by atoms with E-state index in [9.17, 15) is 19.7 Å². The number of thioether (sulfide) groups is 1. The average molecular weight is 312 g/mol. The minimum absolute atomic E-state index is 0.0799. The van der Waals surface area contributed by atoms with Gasteiger partial charge in [0.05, 0.1) is 4.92 Å². The van der Waals surface area contributed by atoms with Crippen molar-refractivity contribution in [3.63, 3.8) is 0 Å². The Bertz CT molecular complexity index is 561. The quantitative estimate of drug-likeness (QED) is 0.587. The van der Waals surface area contributed by atoms with Crippen LogP contribution in [0.25, 0.3) is 0 Å². The number of rotatable bonds is 7. The van der Waals surface area contributed by atoms with Crippen LogP contribution in [0.5, 0.6) is 0 Å². The summed E-state index contributed by atoms with van der Waals surface area (Å²) >= 11 is 1.49. The summed E-state index contributed by atoms with van der Waals surface area (Å²) in [5, 5.41) is 22.2. The van der Waals surface area contributed by atoms with E-state index in [2.05, 4.69) is 5.32 Å². The molecule has 1 amide bonds. The zero-order valence-electron chi connectivity index (χ0n) is 11.7. The fraction of sp³-hybridized carbons (Fsp3) is 0.385. The van der Waals surface area contributed by atoms with Crippen molar-refractivity contribution in [1.82, 2.24) is 5.32 Å². The van der Waals surface area contributed by atoms with Crippen molar-refractivity contribution in [1.29, 1.82) is 0 Å². The summed E-state index contributed by atoms with van der Waals surface area (Å²) in [5.41, 5.74) is 0.473. The molecule has 0 radical (unpaired) electrons. The van der Waals surface area contributed by atoms with Gasteiger partial charge in [0.2, 0.25) is 0 Å². The van der Waals surface area contributed by atoms with Crippen LogP contribution >= 0.6 is 11.8 Å². The summed E-state index contributed by atoms with van der Waals surface area (Å²) in [7, 11) is 0. The van der Waals surface area contributed by atoms with Crippen molar-refractivity contribution in [2.24, 2.45) is 0 Å². The Morgan fingerprint density at radius 1 is 1.48 bits per heavy atom. The van der Waals surface area contributed by atoms with Crippen molar-refractivity contribution in [2.45, 2.75) is 19.4 Å². The van der Waals surface area contributed by atoms with E-state index < -0.39 is 22.8 Å². The molecule has 0 spiro atoms. The van der Waals surface area contributed by atoms with Gasteiger partial charge in [-0.15, -0.1) is 0 Å². The van der Waals surface area contributed by atoms with E-state index >= 15 is 0 Å². The molecular formula is C13H16N2O5S. The molecule has 0 bridgehead atoms. The maximum absolute atomic E-state index is 12.0. The van der Waals surface area contributed by atoms with Gasteiger partial charge < -0.3 is 10.4 Å². The third-order valence-corrected chi connectivity index (χ3v) is 3.51. The van der Waals surface area contributed by atoms with Crippen molar-refractivity contribution < 1.29 is 19.6 Å². The Hall–Kier alpha value is -2.09. The van der Waals surface area contributed by atoms with Crippen LogP contribution in [0.4, 0.5) is 5.69 Å². The predicted molar refractivity (Wildman–Crippen MR) is 79.7 cm³/mol. The minimum Gasteiger partial charge on any atom is -0.480 e. The number of nitrogens with one attached hydrogen (secondary N) is 1. The SMILES string of the molecule is CSCC[C@@H](NC(=O)c1ccc([N+](=O)[O-])c(C)c1)C(=O)O. The summed E-state index contributed by atoms with van der Waals surface area (Å²) in [6.07, 6.45) is 2.16. The number of hydrogen-bond donors (Lipinski definition) is 2. The number of benzene rings is 1. The number of amides is 1. The summed E-state index contributed by atoms with van der Waals surface area (Å²) < 4.78 is 0. The van der Waals surface area contributed by atoms with Gasteiger partial charge in [-0.1, -0.05) is 0 Å². The molecule has 21 heavy (non-hydrogen) atoms. The number of carboxylic acid groups (broad SMARTS) is 1. The standard InChI is InChI=1S/C13H16N2O5S/c1-8-7-9(3-4-11(8)15(19)20)12(16)14-10(13(17)18)5-6-21-2/h3-4,7,10H,5-6H2,1-2H3,(H,14,16)(H,17,18)/t10-/m1/s1. The molecule has 114 valence electrons. The van der Waals surface area contributed by atoms with E-state index in [-0.39, 0.29) is 11.3 Å². The first-order valence-electron chi connectivity index (χ1n) is 6.14. The van der Waals surface area contributed by atoms with Gasteiger partial charge in [0.15, 0.2) is 0 Å². The summed E-state index contributed by atoms with van der Waals surface area (Å²) in [5.74, 6) is -1.05. The van der Waals surface area contributed by atoms with Crippen molar-refractivity contribution in [3.05, 3.63) is 39.4 Å². The molecule has 0 aliphatic carbocycles. The lowest BCUT2D eigenvalue weighted by atomic mass is 10.1. The second-order valence-electron chi connectivity index (χ2n) is 4.40. The Morgan fingerprint density at radius 3 is 2.62 bits per heavy atom. The Morgan fingerprint density at radius 2 is 2.14 bits per heavy atom. The lowest BCUT2D eigenvalue weighted by molar-refractivity contribution is -0.385. The Labute approximate surface area is 125 Å². The minimum atomic E-state index is -1.10. The number of carboxylic acids is 1. The topological polar surface area (TPSA) is 110 Å². The highest BCUT2D eigenvalue weighted by Gasteiger charge is 2.21. The van der Waals surface area contributed by atoms with E-state index in [1.54, 1.807) is 0 Å². The highest BCUT2D eigenvalue weighted by atomic mass is 32.2. The number of nitrogens with zero attached hydrogens (tertiary/aromatic N) is 1. The highest BCUT2D eigenvalue weighted by Crippen LogP contribution is 2.18. The van der Waals surface area contributed by atoms with Gasteiger partial charge in [0.25, 0.3) is 11.6 Å². The van der Waals surface area contributed by atoms with E-state index in [4.69, 9.17) is 5.11 Å². The number of nitro groups is 1. The Balaban J connectivity index is 2.85. The van der Waals surface area contributed by atoms with Crippen LogP contribution in [-0.2, 0) is 4.79 Å². The lowest BCUT2D eigenvalue weighted by Crippen LogP contribution is -2.41. The van der Waals surface area contributed by atoms with Gasteiger partial charge in [-0.25, -0.2) is 4.79 Å². The number of carbonyl (C=O) groups excluding carboxylic acids is 1. The number of aryl methyl sites for hydroxylation is 1. The molecule has 0 aromatic heterocycles. The molecule has 0 heterocycles. The summed E-state index contributed by atoms with van der Waals surface area (Å²) in [6.45, 7) is 1.53. The monoisotopic (exact) mass is 312 g/mol. The largest absolute Gasteiger partial charge is 0.480 e. The molecular weight excluding hydrogens is 296 g/mol. The molecule has 0 unspecified atom stereocenters. The number of nitro benzene ring substituents is 1. The van der Waals surface area contributed by atoms with Gasteiger partial charge in [-0.05, 0) is 37.5 Å². The molecule has 0 saturated heterocycles. The van der Waals surface area contributed by atoms with Crippen LogP contribution in [0, 0.1) is 17.0 Å². The predicted octanol–water partition coefficient (Wildman–Crippen LogP) is 1.84. The third-order valence-electron chi connectivity index (χ3n) is 2.87. The fourth-order valence-electron chi connectivity index (χ4n) is 1.74. The first kappa shape index (κ1) is 17.0. The van der Waals surface area contributed by atoms with Crippen molar-refractivity contribution in [3.8, 4) is 0 Å². The van der Waals surface area contributed by atoms with Crippen molar-refractivity contribution in [2.75, 3.05) is 12.0 Å². The van der Waals surface area contributed by atoms with Gasteiger partial charge in [-0.3, -0.25) is 14.9 Å². The Kier molecular flexibility index (Phi) is 6.16. The van der Waals surface area contributed by atoms with E-state index in [1.807, 2.05) is 6.26 Å². The number of hydrogen-bond acceptors (Lipinski definition) is 5. The van der Waals surface area contributed by atoms with Crippen LogP contribution in [0.15, 0.2) is 18.2 Å². The van der Waals surface area contributed by atoms with E-state index in [0.29, 0.717) is 17.7 Å². The fourth-order valence-corrected chi connectivity index (χ4v) is 2.21. The van der Waals surface area contributed by atoms with Crippen LogP contribution in [-0.4, -0.2) is 40.0 Å². The smallest absolute Gasteiger partial charge is 0.326 e. The van der Waals surface area contributed by atoms with Crippen LogP contribution < -0.4 is 5.32 Å². The van der Waals surface area contributed by atoms with Crippen LogP contribution in [0.2, 0.25) is 0 Å². The molecule has 0 saturated carbocycles. The van der Waals surface area contributed by atoms with Gasteiger partial charge >= 0.3 is 5.97 Å². The first-order chi connectivity index (χ1) is 9.86. The molecule has 0 aliphatic heterocycles. The zero-order valence-corrected chi connectivity index (χ0v) is 12.5. The lowest BCUT2D eigenvalue weighted by Gasteiger charge is -2.14. The van der Waals surface area contributed by atoms with Gasteiger partial charge in [0, 0.05) is 17.2 Å². The highest BCUT2D eigenvalue weighted by molar-refractivity contribution is 7.98. The maximum Gasteiger partial charge on any atom is 0.326 e. The molecule has 7 nitrogen and oxygen atoms in total. The molecule has 1 aromatic carbocycles. The molecule has 1 aromatic rings. The van der Waals surface area contributed by atoms with E-state index in [0.717, 1.165) is 0 Å². The van der Waals surface area contributed by atoms with Gasteiger partial charge in [-0.2, -0.15) is 11.8 Å². The zero-order chi connectivity index (χ0) is 16.0. The summed E-state index contributed by atoms with van der Waals surface area (Å²) in [4.78, 5) is 33.3. The number of carbonyl (C=O) groups is 2. The molecule has 8 heteroatoms. The first-order valence-corrected chi connectivity index (χ1v) is 7.54.